The van der Waals surface area contributed by atoms with Crippen molar-refractivity contribution in [2.45, 2.75) is 45.2 Å². The number of hydrogen-bond donors (Lipinski definition) is 1. The molecule has 0 aromatic carbocycles. The molecule has 0 atom stereocenters. The van der Waals surface area contributed by atoms with Crippen LogP contribution in [0.1, 0.15) is 43.2 Å². The zero-order valence-corrected chi connectivity index (χ0v) is 12.1. The SMILES string of the molecule is CC(C)NCc1sc(-c2ccncn2)nc1C1CC1. The number of thiazole rings is 1. The van der Waals surface area contributed by atoms with E-state index < -0.39 is 0 Å². The van der Waals surface area contributed by atoms with E-state index in [1.54, 1.807) is 23.9 Å². The highest BCUT2D eigenvalue weighted by molar-refractivity contribution is 7.15. The number of hydrogen-bond acceptors (Lipinski definition) is 5. The molecule has 0 aliphatic heterocycles. The van der Waals surface area contributed by atoms with E-state index >= 15 is 0 Å². The minimum atomic E-state index is 0.497. The number of aromatic nitrogens is 3. The normalized spacial score (nSPS) is 15.1. The molecule has 0 bridgehead atoms. The lowest BCUT2D eigenvalue weighted by Gasteiger charge is -2.06. The van der Waals surface area contributed by atoms with Crippen molar-refractivity contribution in [3.05, 3.63) is 29.2 Å². The van der Waals surface area contributed by atoms with Crippen LogP contribution in [0.15, 0.2) is 18.6 Å². The molecule has 2 aromatic rings. The second kappa shape index (κ2) is 5.35. The van der Waals surface area contributed by atoms with E-state index in [0.717, 1.165) is 17.2 Å². The van der Waals surface area contributed by atoms with Gasteiger partial charge in [0.1, 0.15) is 17.0 Å². The Morgan fingerprint density at radius 1 is 1.42 bits per heavy atom. The molecule has 2 aromatic heterocycles. The van der Waals surface area contributed by atoms with Gasteiger partial charge in [0.25, 0.3) is 0 Å². The average molecular weight is 274 g/mol. The zero-order valence-electron chi connectivity index (χ0n) is 11.3. The first-order valence-corrected chi connectivity index (χ1v) is 7.55. The van der Waals surface area contributed by atoms with Crippen LogP contribution < -0.4 is 5.32 Å². The molecule has 4 nitrogen and oxygen atoms in total. The molecular formula is C14H18N4S. The van der Waals surface area contributed by atoms with Gasteiger partial charge in [-0.1, -0.05) is 13.8 Å². The number of nitrogens with one attached hydrogen (secondary N) is 1. The van der Waals surface area contributed by atoms with Gasteiger partial charge >= 0.3 is 0 Å². The zero-order chi connectivity index (χ0) is 13.2. The quantitative estimate of drug-likeness (QED) is 0.910. The number of rotatable bonds is 5. The van der Waals surface area contributed by atoms with E-state index in [2.05, 4.69) is 29.1 Å². The molecule has 1 saturated carbocycles. The van der Waals surface area contributed by atoms with Gasteiger partial charge in [0.2, 0.25) is 0 Å². The summed E-state index contributed by atoms with van der Waals surface area (Å²) in [5.74, 6) is 0.677. The molecular weight excluding hydrogens is 256 g/mol. The lowest BCUT2D eigenvalue weighted by molar-refractivity contribution is 0.590. The molecule has 2 heterocycles. The summed E-state index contributed by atoms with van der Waals surface area (Å²) in [5.41, 5.74) is 2.21. The topological polar surface area (TPSA) is 50.7 Å². The molecule has 0 radical (unpaired) electrons. The van der Waals surface area contributed by atoms with Crippen molar-refractivity contribution in [1.29, 1.82) is 0 Å². The van der Waals surface area contributed by atoms with Crippen molar-refractivity contribution in [2.75, 3.05) is 0 Å². The van der Waals surface area contributed by atoms with E-state index in [4.69, 9.17) is 4.98 Å². The van der Waals surface area contributed by atoms with Crippen LogP contribution in [0.4, 0.5) is 0 Å². The summed E-state index contributed by atoms with van der Waals surface area (Å²) < 4.78 is 0. The third kappa shape index (κ3) is 2.98. The van der Waals surface area contributed by atoms with Crippen LogP contribution in [0.2, 0.25) is 0 Å². The molecule has 3 rings (SSSR count). The van der Waals surface area contributed by atoms with Crippen molar-refractivity contribution >= 4 is 11.3 Å². The maximum Gasteiger partial charge on any atom is 0.142 e. The lowest BCUT2D eigenvalue weighted by Crippen LogP contribution is -2.21. The van der Waals surface area contributed by atoms with E-state index in [9.17, 15) is 0 Å². The fraction of sp³-hybridized carbons (Fsp3) is 0.500. The highest BCUT2D eigenvalue weighted by atomic mass is 32.1. The molecule has 100 valence electrons. The average Bonchev–Trinajstić information content (AvgIpc) is 3.17. The molecule has 1 fully saturated rings. The largest absolute Gasteiger partial charge is 0.310 e. The fourth-order valence-electron chi connectivity index (χ4n) is 1.99. The van der Waals surface area contributed by atoms with Crippen molar-refractivity contribution in [3.8, 4) is 10.7 Å². The molecule has 1 N–H and O–H groups in total. The van der Waals surface area contributed by atoms with Crippen LogP contribution >= 0.6 is 11.3 Å². The van der Waals surface area contributed by atoms with E-state index in [1.165, 1.54) is 23.4 Å². The van der Waals surface area contributed by atoms with Gasteiger partial charge in [0.05, 0.1) is 5.69 Å². The lowest BCUT2D eigenvalue weighted by atomic mass is 10.2. The van der Waals surface area contributed by atoms with Crippen molar-refractivity contribution < 1.29 is 0 Å². The van der Waals surface area contributed by atoms with Crippen molar-refractivity contribution in [1.82, 2.24) is 20.3 Å². The van der Waals surface area contributed by atoms with Gasteiger partial charge in [-0.3, -0.25) is 0 Å². The van der Waals surface area contributed by atoms with Gasteiger partial charge in [0, 0.05) is 29.6 Å². The van der Waals surface area contributed by atoms with Gasteiger partial charge in [-0.2, -0.15) is 0 Å². The molecule has 1 aliphatic carbocycles. The van der Waals surface area contributed by atoms with Crippen LogP contribution in [0.5, 0.6) is 0 Å². The van der Waals surface area contributed by atoms with Crippen LogP contribution in [0, 0.1) is 0 Å². The first kappa shape index (κ1) is 12.7. The summed E-state index contributed by atoms with van der Waals surface area (Å²) in [6.45, 7) is 5.25. The maximum atomic E-state index is 4.81. The Morgan fingerprint density at radius 3 is 2.89 bits per heavy atom. The van der Waals surface area contributed by atoms with Gasteiger partial charge in [-0.05, 0) is 18.9 Å². The summed E-state index contributed by atoms with van der Waals surface area (Å²) in [6, 6.07) is 2.42. The summed E-state index contributed by atoms with van der Waals surface area (Å²) in [4.78, 5) is 14.4. The molecule has 0 unspecified atom stereocenters. The summed E-state index contributed by atoms with van der Waals surface area (Å²) in [6.07, 6.45) is 5.91. The van der Waals surface area contributed by atoms with Gasteiger partial charge in [-0.15, -0.1) is 11.3 Å². The Balaban J connectivity index is 1.88. The van der Waals surface area contributed by atoms with E-state index in [-0.39, 0.29) is 0 Å². The predicted octanol–water partition coefficient (Wildman–Crippen LogP) is 2.98. The van der Waals surface area contributed by atoms with Crippen molar-refractivity contribution in [2.24, 2.45) is 0 Å². The maximum absolute atomic E-state index is 4.81. The molecule has 0 spiro atoms. The highest BCUT2D eigenvalue weighted by Gasteiger charge is 2.29. The molecule has 19 heavy (non-hydrogen) atoms. The minimum absolute atomic E-state index is 0.497. The number of nitrogens with zero attached hydrogens (tertiary/aromatic N) is 3. The van der Waals surface area contributed by atoms with Gasteiger partial charge < -0.3 is 5.32 Å². The van der Waals surface area contributed by atoms with E-state index in [1.807, 2.05) is 6.07 Å². The predicted molar refractivity (Wildman–Crippen MR) is 77.1 cm³/mol. The fourth-order valence-corrected chi connectivity index (χ4v) is 3.06. The standard InChI is InChI=1S/C14H18N4S/c1-9(2)16-7-12-13(10-3-4-10)18-14(19-12)11-5-6-15-8-17-11/h5-6,8-10,16H,3-4,7H2,1-2H3. The third-order valence-corrected chi connectivity index (χ3v) is 4.26. The monoisotopic (exact) mass is 274 g/mol. The summed E-state index contributed by atoms with van der Waals surface area (Å²) in [5, 5.41) is 4.51. The summed E-state index contributed by atoms with van der Waals surface area (Å²) >= 11 is 1.76. The van der Waals surface area contributed by atoms with Crippen molar-refractivity contribution in [3.63, 3.8) is 0 Å². The molecule has 0 saturated heterocycles. The van der Waals surface area contributed by atoms with Gasteiger partial charge in [-0.25, -0.2) is 15.0 Å². The van der Waals surface area contributed by atoms with E-state index in [0.29, 0.717) is 12.0 Å². The Hall–Kier alpha value is -1.33. The first-order valence-electron chi connectivity index (χ1n) is 6.73. The molecule has 0 amide bonds. The minimum Gasteiger partial charge on any atom is -0.310 e. The first-order chi connectivity index (χ1) is 9.24. The molecule has 5 heteroatoms. The van der Waals surface area contributed by atoms with Gasteiger partial charge in [0.15, 0.2) is 0 Å². The Bertz CT molecular complexity index is 546. The van der Waals surface area contributed by atoms with Crippen LogP contribution in [0.25, 0.3) is 10.7 Å². The second-order valence-corrected chi connectivity index (χ2v) is 6.32. The smallest absolute Gasteiger partial charge is 0.142 e. The Labute approximate surface area is 117 Å². The Morgan fingerprint density at radius 2 is 2.26 bits per heavy atom. The Kier molecular flexibility index (Phi) is 3.57. The second-order valence-electron chi connectivity index (χ2n) is 5.23. The van der Waals surface area contributed by atoms with Crippen LogP contribution in [0.3, 0.4) is 0 Å². The third-order valence-electron chi connectivity index (χ3n) is 3.16. The highest BCUT2D eigenvalue weighted by Crippen LogP contribution is 2.43. The summed E-state index contributed by atoms with van der Waals surface area (Å²) in [7, 11) is 0. The van der Waals surface area contributed by atoms with Crippen LogP contribution in [-0.4, -0.2) is 21.0 Å². The molecule has 1 aliphatic rings. The van der Waals surface area contributed by atoms with Crippen LogP contribution in [-0.2, 0) is 6.54 Å².